The molecule has 0 saturated carbocycles. The number of imide groups is 1. The molecule has 192 valence electrons. The smallest absolute Gasteiger partial charge is 0.408 e. The molecule has 2 saturated heterocycles. The van der Waals surface area contributed by atoms with Gasteiger partial charge in [-0.2, -0.15) is 0 Å². The van der Waals surface area contributed by atoms with Gasteiger partial charge in [0.25, 0.3) is 0 Å². The van der Waals surface area contributed by atoms with E-state index in [1.54, 1.807) is 37.7 Å². The zero-order chi connectivity index (χ0) is 25.9. The number of hydrogen-bond donors (Lipinski definition) is 2. The Hall–Kier alpha value is -3.44. The van der Waals surface area contributed by atoms with Gasteiger partial charge in [0.1, 0.15) is 17.7 Å². The van der Waals surface area contributed by atoms with Gasteiger partial charge in [0.05, 0.1) is 18.6 Å². The van der Waals surface area contributed by atoms with Crippen LogP contribution in [-0.4, -0.2) is 86.2 Å². The lowest BCUT2D eigenvalue weighted by Crippen LogP contribution is -2.69. The number of carbonyl (C=O) groups excluding carboxylic acids is 4. The number of nitrogens with zero attached hydrogens (tertiary/aromatic N) is 3. The van der Waals surface area contributed by atoms with Crippen molar-refractivity contribution < 1.29 is 32.7 Å². The number of halogens is 2. The summed E-state index contributed by atoms with van der Waals surface area (Å²) >= 11 is 0. The predicted octanol–water partition coefficient (Wildman–Crippen LogP) is 1.79. The number of hydrogen-bond acceptors (Lipinski definition) is 6. The Morgan fingerprint density at radius 1 is 1.23 bits per heavy atom. The van der Waals surface area contributed by atoms with Crippen LogP contribution in [0.2, 0.25) is 0 Å². The number of ether oxygens (including phenoxy) is 1. The third-order valence-corrected chi connectivity index (χ3v) is 6.20. The summed E-state index contributed by atoms with van der Waals surface area (Å²) in [5.41, 5.74) is -0.399. The number of anilines is 1. The number of likely N-dealkylation sites (tertiary alicyclic amines) is 1. The molecule has 0 bridgehead atoms. The molecule has 2 heterocycles. The van der Waals surface area contributed by atoms with E-state index >= 15 is 0 Å². The fourth-order valence-electron chi connectivity index (χ4n) is 4.29. The lowest BCUT2D eigenvalue weighted by molar-refractivity contribution is -0.125. The molecule has 5 amide bonds. The molecule has 10 nitrogen and oxygen atoms in total. The molecule has 1 aromatic carbocycles. The fraction of sp³-hybridized carbons (Fsp3) is 0.565. The summed E-state index contributed by atoms with van der Waals surface area (Å²) < 4.78 is 34.8. The molecule has 2 aliphatic heterocycles. The summed E-state index contributed by atoms with van der Waals surface area (Å²) in [4.78, 5) is 50.5. The van der Waals surface area contributed by atoms with Gasteiger partial charge in [-0.15, -0.1) is 0 Å². The second-order valence-electron chi connectivity index (χ2n) is 9.60. The van der Waals surface area contributed by atoms with Crippen molar-refractivity contribution >= 4 is 30.1 Å². The zero-order valence-electron chi connectivity index (χ0n) is 20.3. The van der Waals surface area contributed by atoms with E-state index in [-0.39, 0.29) is 37.0 Å². The van der Waals surface area contributed by atoms with E-state index in [0.29, 0.717) is 31.9 Å². The Kier molecular flexibility index (Phi) is 7.81. The number of nitrogens with one attached hydrogen (secondary N) is 2. The minimum atomic E-state index is -0.717. The van der Waals surface area contributed by atoms with Crippen molar-refractivity contribution in [3.63, 3.8) is 0 Å². The van der Waals surface area contributed by atoms with Gasteiger partial charge in [-0.1, -0.05) is 6.92 Å². The number of carbonyl (C=O) groups is 4. The standard InChI is InChI=1S/C23H31F2N5O5/c1-14(5-6-19(32)26-13-31)20-17(24)7-15(8-18(20)25)30-11-23(2,12-30)27-21(33)35-16-9-29(10-16)22(34)28(3)4/h7-8,13-14,16H,5-6,9-12H2,1-4H3,(H,27,33)(H,26,31,32). The Balaban J connectivity index is 1.49. The molecule has 12 heteroatoms. The van der Waals surface area contributed by atoms with Crippen LogP contribution in [0.4, 0.5) is 24.1 Å². The van der Waals surface area contributed by atoms with Gasteiger partial charge >= 0.3 is 12.1 Å². The summed E-state index contributed by atoms with van der Waals surface area (Å²) in [6.07, 6.45) is -0.552. The van der Waals surface area contributed by atoms with E-state index in [9.17, 15) is 28.0 Å². The lowest BCUT2D eigenvalue weighted by Gasteiger charge is -2.49. The summed E-state index contributed by atoms with van der Waals surface area (Å²) in [7, 11) is 3.30. The molecule has 0 aliphatic carbocycles. The van der Waals surface area contributed by atoms with Crippen molar-refractivity contribution in [2.45, 2.75) is 44.2 Å². The molecular formula is C23H31F2N5O5. The van der Waals surface area contributed by atoms with E-state index in [1.165, 1.54) is 17.0 Å². The van der Waals surface area contributed by atoms with Crippen molar-refractivity contribution in [2.75, 3.05) is 45.2 Å². The van der Waals surface area contributed by atoms with Crippen LogP contribution in [0.15, 0.2) is 12.1 Å². The molecule has 2 N–H and O–H groups in total. The minimum Gasteiger partial charge on any atom is -0.442 e. The molecule has 1 atom stereocenters. The minimum absolute atomic E-state index is 0.0301. The second kappa shape index (κ2) is 10.4. The van der Waals surface area contributed by atoms with Gasteiger partial charge in [0, 0.05) is 44.9 Å². The van der Waals surface area contributed by atoms with Crippen LogP contribution in [0.1, 0.15) is 38.2 Å². The maximum absolute atomic E-state index is 14.7. The van der Waals surface area contributed by atoms with Gasteiger partial charge in [0.2, 0.25) is 12.3 Å². The maximum Gasteiger partial charge on any atom is 0.408 e. The van der Waals surface area contributed by atoms with Crippen LogP contribution in [0.25, 0.3) is 0 Å². The summed E-state index contributed by atoms with van der Waals surface area (Å²) in [5.74, 6) is -2.50. The van der Waals surface area contributed by atoms with Gasteiger partial charge in [-0.3, -0.25) is 14.9 Å². The highest BCUT2D eigenvalue weighted by Crippen LogP contribution is 2.33. The third-order valence-electron chi connectivity index (χ3n) is 6.20. The number of amides is 5. The molecular weight excluding hydrogens is 464 g/mol. The van der Waals surface area contributed by atoms with Crippen LogP contribution in [0.3, 0.4) is 0 Å². The lowest BCUT2D eigenvalue weighted by atomic mass is 9.90. The first-order valence-corrected chi connectivity index (χ1v) is 11.3. The highest BCUT2D eigenvalue weighted by Gasteiger charge is 2.42. The van der Waals surface area contributed by atoms with Crippen LogP contribution in [0.5, 0.6) is 0 Å². The number of benzene rings is 1. The van der Waals surface area contributed by atoms with E-state index in [4.69, 9.17) is 4.74 Å². The monoisotopic (exact) mass is 495 g/mol. The van der Waals surface area contributed by atoms with Crippen LogP contribution in [0, 0.1) is 11.6 Å². The molecule has 1 unspecified atom stereocenters. The molecule has 0 radical (unpaired) electrons. The first-order chi connectivity index (χ1) is 16.4. The maximum atomic E-state index is 14.7. The van der Waals surface area contributed by atoms with Crippen molar-refractivity contribution in [3.8, 4) is 0 Å². The van der Waals surface area contributed by atoms with Gasteiger partial charge in [-0.05, 0) is 31.4 Å². The molecule has 3 rings (SSSR count). The molecule has 35 heavy (non-hydrogen) atoms. The summed E-state index contributed by atoms with van der Waals surface area (Å²) in [5, 5.41) is 4.79. The molecule has 2 aliphatic rings. The molecule has 0 spiro atoms. The second-order valence-corrected chi connectivity index (χ2v) is 9.60. The van der Waals surface area contributed by atoms with Gasteiger partial charge in [0.15, 0.2) is 0 Å². The highest BCUT2D eigenvalue weighted by atomic mass is 19.1. The van der Waals surface area contributed by atoms with Crippen molar-refractivity contribution in [1.29, 1.82) is 0 Å². The van der Waals surface area contributed by atoms with Crippen LogP contribution >= 0.6 is 0 Å². The van der Waals surface area contributed by atoms with Crippen molar-refractivity contribution in [3.05, 3.63) is 29.3 Å². The number of alkyl carbamates (subject to hydrolysis) is 1. The van der Waals surface area contributed by atoms with Crippen molar-refractivity contribution in [1.82, 2.24) is 20.4 Å². The predicted molar refractivity (Wildman–Crippen MR) is 123 cm³/mol. The Labute approximate surface area is 202 Å². The Bertz CT molecular complexity index is 970. The quantitative estimate of drug-likeness (QED) is 0.532. The fourth-order valence-corrected chi connectivity index (χ4v) is 4.29. The first-order valence-electron chi connectivity index (χ1n) is 11.3. The Morgan fingerprint density at radius 3 is 2.37 bits per heavy atom. The molecule has 2 fully saturated rings. The Morgan fingerprint density at radius 2 is 1.83 bits per heavy atom. The number of rotatable bonds is 8. The molecule has 0 aromatic heterocycles. The van der Waals surface area contributed by atoms with E-state index < -0.39 is 35.1 Å². The summed E-state index contributed by atoms with van der Waals surface area (Å²) in [6, 6.07) is 2.33. The normalized spacial score (nSPS) is 17.5. The topological polar surface area (TPSA) is 111 Å². The van der Waals surface area contributed by atoms with Crippen LogP contribution < -0.4 is 15.5 Å². The average molecular weight is 496 g/mol. The largest absolute Gasteiger partial charge is 0.442 e. The van der Waals surface area contributed by atoms with Crippen LogP contribution in [-0.2, 0) is 14.3 Å². The highest BCUT2D eigenvalue weighted by molar-refractivity contribution is 5.85. The van der Waals surface area contributed by atoms with Crippen molar-refractivity contribution in [2.24, 2.45) is 0 Å². The van der Waals surface area contributed by atoms with E-state index in [2.05, 4.69) is 5.32 Å². The average Bonchev–Trinajstić information content (AvgIpc) is 2.71. The number of urea groups is 1. The third kappa shape index (κ3) is 6.17. The summed E-state index contributed by atoms with van der Waals surface area (Å²) in [6.45, 7) is 4.75. The first kappa shape index (κ1) is 26.2. The van der Waals surface area contributed by atoms with E-state index in [0.717, 1.165) is 0 Å². The SMILES string of the molecule is CC(CCC(=O)NC=O)c1c(F)cc(N2CC(C)(NC(=O)OC3CN(C(=O)N(C)C)C3)C2)cc1F. The van der Waals surface area contributed by atoms with Gasteiger partial charge < -0.3 is 24.8 Å². The van der Waals surface area contributed by atoms with Gasteiger partial charge in [-0.25, -0.2) is 18.4 Å². The zero-order valence-corrected chi connectivity index (χ0v) is 20.3. The molecule has 1 aromatic rings. The van der Waals surface area contributed by atoms with E-state index in [1.807, 2.05) is 5.32 Å².